The molecule has 0 aliphatic heterocycles. The van der Waals surface area contributed by atoms with E-state index < -0.39 is 5.60 Å². The van der Waals surface area contributed by atoms with Gasteiger partial charge in [-0.05, 0) is 31.5 Å². The second-order valence-electron chi connectivity index (χ2n) is 5.87. The van der Waals surface area contributed by atoms with Gasteiger partial charge < -0.3 is 9.64 Å². The van der Waals surface area contributed by atoms with Gasteiger partial charge in [0.2, 0.25) is 0 Å². The molecule has 0 fully saturated rings. The van der Waals surface area contributed by atoms with Gasteiger partial charge in [0, 0.05) is 25.2 Å². The molecule has 0 spiro atoms. The summed E-state index contributed by atoms with van der Waals surface area (Å²) < 4.78 is 6.39. The van der Waals surface area contributed by atoms with Gasteiger partial charge in [-0.3, -0.25) is 0 Å². The summed E-state index contributed by atoms with van der Waals surface area (Å²) in [6, 6.07) is 21.0. The smallest absolute Gasteiger partial charge is 0.119 e. The van der Waals surface area contributed by atoms with Crippen LogP contribution in [0.2, 0.25) is 0 Å². The van der Waals surface area contributed by atoms with Gasteiger partial charge in [-0.2, -0.15) is 0 Å². The maximum absolute atomic E-state index is 6.39. The molecule has 2 aromatic carbocycles. The third-order valence-electron chi connectivity index (χ3n) is 4.22. The summed E-state index contributed by atoms with van der Waals surface area (Å²) >= 11 is 5.65. The molecular formula is C21H27Cl2NO. The fraction of sp³-hybridized carbons (Fsp3) is 0.333. The molecule has 0 unspecified atom stereocenters. The minimum atomic E-state index is -0.434. The van der Waals surface area contributed by atoms with Crippen LogP contribution in [0.4, 0.5) is 0 Å². The summed E-state index contributed by atoms with van der Waals surface area (Å²) in [6.07, 6.45) is 2.83. The summed E-state index contributed by atoms with van der Waals surface area (Å²) in [7, 11) is 2.10. The summed E-state index contributed by atoms with van der Waals surface area (Å²) in [5, 5.41) is 0. The number of likely N-dealkylation sites (N-methyl/N-ethyl adjacent to an activating group) is 1. The van der Waals surface area contributed by atoms with Crippen LogP contribution >= 0.6 is 24.0 Å². The van der Waals surface area contributed by atoms with E-state index in [0.29, 0.717) is 6.61 Å². The Balaban J connectivity index is 0.00000312. The van der Waals surface area contributed by atoms with Gasteiger partial charge in [-0.25, -0.2) is 0 Å². The van der Waals surface area contributed by atoms with Crippen LogP contribution < -0.4 is 0 Å². The second-order valence-corrected chi connectivity index (χ2v) is 6.12. The van der Waals surface area contributed by atoms with E-state index in [0.717, 1.165) is 19.5 Å². The monoisotopic (exact) mass is 379 g/mol. The average molecular weight is 380 g/mol. The Bertz CT molecular complexity index is 577. The molecule has 0 aliphatic carbocycles. The SMILES string of the molecule is CCOC(CCN(C)C/C=C/Cl)(c1ccccc1)c1ccccc1.Cl. The number of hydrogen-bond acceptors (Lipinski definition) is 2. The van der Waals surface area contributed by atoms with E-state index in [2.05, 4.69) is 67.4 Å². The molecule has 2 rings (SSSR count). The van der Waals surface area contributed by atoms with E-state index >= 15 is 0 Å². The lowest BCUT2D eigenvalue weighted by Crippen LogP contribution is -2.36. The van der Waals surface area contributed by atoms with E-state index in [9.17, 15) is 0 Å². The number of rotatable bonds is 9. The molecule has 0 aromatic heterocycles. The number of ether oxygens (including phenoxy) is 1. The molecule has 2 nitrogen and oxygen atoms in total. The molecule has 0 bridgehead atoms. The Kier molecular flexibility index (Phi) is 9.84. The van der Waals surface area contributed by atoms with E-state index in [1.54, 1.807) is 5.54 Å². The number of halogens is 2. The van der Waals surface area contributed by atoms with Crippen molar-refractivity contribution in [3.63, 3.8) is 0 Å². The van der Waals surface area contributed by atoms with Gasteiger partial charge in [0.05, 0.1) is 0 Å². The first kappa shape index (κ1) is 21.7. The number of nitrogens with zero attached hydrogens (tertiary/aromatic N) is 1. The minimum Gasteiger partial charge on any atom is -0.366 e. The first-order valence-corrected chi connectivity index (χ1v) is 8.85. The van der Waals surface area contributed by atoms with Crippen molar-refractivity contribution in [3.05, 3.63) is 83.4 Å². The van der Waals surface area contributed by atoms with Gasteiger partial charge in [-0.1, -0.05) is 78.3 Å². The molecule has 0 radical (unpaired) electrons. The lowest BCUT2D eigenvalue weighted by molar-refractivity contribution is -0.0221. The lowest BCUT2D eigenvalue weighted by atomic mass is 9.83. The first-order valence-electron chi connectivity index (χ1n) is 8.41. The summed E-state index contributed by atoms with van der Waals surface area (Å²) in [4.78, 5) is 2.25. The quantitative estimate of drug-likeness (QED) is 0.573. The van der Waals surface area contributed by atoms with Crippen LogP contribution in [0.15, 0.2) is 72.3 Å². The second kappa shape index (κ2) is 11.3. The molecule has 0 N–H and O–H groups in total. The molecule has 0 aliphatic rings. The van der Waals surface area contributed by atoms with Crippen molar-refractivity contribution in [2.24, 2.45) is 0 Å². The fourth-order valence-corrected chi connectivity index (χ4v) is 3.09. The maximum atomic E-state index is 6.39. The summed E-state index contributed by atoms with van der Waals surface area (Å²) in [5.41, 5.74) is 3.52. The van der Waals surface area contributed by atoms with Crippen LogP contribution in [-0.4, -0.2) is 31.6 Å². The van der Waals surface area contributed by atoms with E-state index in [1.807, 2.05) is 18.2 Å². The topological polar surface area (TPSA) is 12.5 Å². The zero-order valence-electron chi connectivity index (χ0n) is 14.9. The van der Waals surface area contributed by atoms with Gasteiger partial charge in [0.25, 0.3) is 0 Å². The summed E-state index contributed by atoms with van der Waals surface area (Å²) in [5.74, 6) is 0. The lowest BCUT2D eigenvalue weighted by Gasteiger charge is -2.36. The van der Waals surface area contributed by atoms with Crippen molar-refractivity contribution in [1.82, 2.24) is 4.90 Å². The van der Waals surface area contributed by atoms with Crippen molar-refractivity contribution in [1.29, 1.82) is 0 Å². The van der Waals surface area contributed by atoms with Gasteiger partial charge in [0.15, 0.2) is 0 Å². The highest BCUT2D eigenvalue weighted by molar-refractivity contribution is 6.25. The van der Waals surface area contributed by atoms with Crippen LogP contribution in [0.1, 0.15) is 24.5 Å². The largest absolute Gasteiger partial charge is 0.366 e. The number of hydrogen-bond donors (Lipinski definition) is 0. The van der Waals surface area contributed by atoms with Crippen molar-refractivity contribution >= 4 is 24.0 Å². The van der Waals surface area contributed by atoms with E-state index in [1.165, 1.54) is 11.1 Å². The van der Waals surface area contributed by atoms with Crippen LogP contribution in [0, 0.1) is 0 Å². The van der Waals surface area contributed by atoms with Gasteiger partial charge in [-0.15, -0.1) is 12.4 Å². The summed E-state index contributed by atoms with van der Waals surface area (Å²) in [6.45, 7) is 4.45. The van der Waals surface area contributed by atoms with Crippen LogP contribution in [0.3, 0.4) is 0 Å². The van der Waals surface area contributed by atoms with Crippen molar-refractivity contribution in [2.45, 2.75) is 18.9 Å². The Morgan fingerprint density at radius 1 is 1.00 bits per heavy atom. The zero-order valence-corrected chi connectivity index (χ0v) is 16.5. The normalized spacial score (nSPS) is 11.7. The first-order chi connectivity index (χ1) is 11.7. The Morgan fingerprint density at radius 2 is 1.52 bits per heavy atom. The Morgan fingerprint density at radius 3 is 1.96 bits per heavy atom. The molecule has 2 aromatic rings. The van der Waals surface area contributed by atoms with Crippen LogP contribution in [0.5, 0.6) is 0 Å². The highest BCUT2D eigenvalue weighted by atomic mass is 35.5. The van der Waals surface area contributed by atoms with E-state index in [4.69, 9.17) is 16.3 Å². The molecule has 0 heterocycles. The van der Waals surface area contributed by atoms with Crippen LogP contribution in [0.25, 0.3) is 0 Å². The fourth-order valence-electron chi connectivity index (χ4n) is 3.01. The standard InChI is InChI=1S/C21H26ClNO.ClH/c1-3-24-21(19-11-6-4-7-12-19,20-13-8-5-9-14-20)15-18-23(2)17-10-16-22;/h4-14,16H,3,15,17-18H2,1-2H3;1H/b16-10+;. The highest BCUT2D eigenvalue weighted by Crippen LogP contribution is 2.37. The zero-order chi connectivity index (χ0) is 17.3. The Labute approximate surface area is 162 Å². The third kappa shape index (κ3) is 5.86. The molecule has 25 heavy (non-hydrogen) atoms. The van der Waals surface area contributed by atoms with Gasteiger partial charge in [0.1, 0.15) is 5.60 Å². The van der Waals surface area contributed by atoms with Crippen molar-refractivity contribution in [2.75, 3.05) is 26.7 Å². The van der Waals surface area contributed by atoms with Crippen LogP contribution in [-0.2, 0) is 10.3 Å². The van der Waals surface area contributed by atoms with Gasteiger partial charge >= 0.3 is 0 Å². The van der Waals surface area contributed by atoms with E-state index in [-0.39, 0.29) is 12.4 Å². The maximum Gasteiger partial charge on any atom is 0.119 e. The number of benzene rings is 2. The molecule has 0 saturated heterocycles. The predicted molar refractivity (Wildman–Crippen MR) is 110 cm³/mol. The van der Waals surface area contributed by atoms with Crippen molar-refractivity contribution in [3.8, 4) is 0 Å². The molecular weight excluding hydrogens is 353 g/mol. The molecule has 0 atom stereocenters. The predicted octanol–water partition coefficient (Wildman–Crippen LogP) is 5.46. The highest BCUT2D eigenvalue weighted by Gasteiger charge is 2.34. The molecule has 4 heteroatoms. The van der Waals surface area contributed by atoms with Crippen molar-refractivity contribution < 1.29 is 4.74 Å². The Hall–Kier alpha value is -1.32. The molecule has 0 amide bonds. The average Bonchev–Trinajstić information content (AvgIpc) is 2.65. The molecule has 0 saturated carbocycles. The minimum absolute atomic E-state index is 0. The third-order valence-corrected chi connectivity index (χ3v) is 4.40. The molecule has 136 valence electrons.